The summed E-state index contributed by atoms with van der Waals surface area (Å²) in [5, 5.41) is 20.8. The summed E-state index contributed by atoms with van der Waals surface area (Å²) >= 11 is 0. The standard InChI is InChI=1S/C13H15N3O5/c14-11(18)7-3-4-16(6-7)13(21)15-10-2-1-8(17)5-9(10)12(19)20/h1-2,5,7,17H,3-4,6H2,(H2,14,18)(H,15,21)(H,19,20). The van der Waals surface area contributed by atoms with E-state index in [0.717, 1.165) is 6.07 Å². The number of carboxylic acids is 1. The number of carbonyl (C=O) groups excluding carboxylic acids is 2. The van der Waals surface area contributed by atoms with Crippen LogP contribution in [0.3, 0.4) is 0 Å². The first-order valence-electron chi connectivity index (χ1n) is 6.30. The molecule has 3 amide bonds. The number of hydrogen-bond acceptors (Lipinski definition) is 4. The molecule has 0 saturated carbocycles. The van der Waals surface area contributed by atoms with E-state index in [4.69, 9.17) is 10.8 Å². The molecule has 0 radical (unpaired) electrons. The fourth-order valence-electron chi connectivity index (χ4n) is 2.19. The van der Waals surface area contributed by atoms with Gasteiger partial charge in [-0.1, -0.05) is 0 Å². The lowest BCUT2D eigenvalue weighted by Gasteiger charge is -2.17. The SMILES string of the molecule is NC(=O)C1CCN(C(=O)Nc2ccc(O)cc2C(=O)O)C1. The van der Waals surface area contributed by atoms with Gasteiger partial charge in [0.25, 0.3) is 0 Å². The van der Waals surface area contributed by atoms with Crippen molar-refractivity contribution in [3.05, 3.63) is 23.8 Å². The van der Waals surface area contributed by atoms with Crippen molar-refractivity contribution in [3.8, 4) is 5.75 Å². The summed E-state index contributed by atoms with van der Waals surface area (Å²) in [4.78, 5) is 35.6. The number of aromatic carboxylic acids is 1. The maximum Gasteiger partial charge on any atom is 0.337 e. The first-order valence-corrected chi connectivity index (χ1v) is 6.30. The van der Waals surface area contributed by atoms with E-state index in [2.05, 4.69) is 5.32 Å². The number of hydrogen-bond donors (Lipinski definition) is 4. The lowest BCUT2D eigenvalue weighted by Crippen LogP contribution is -2.35. The number of primary amides is 1. The molecule has 0 aromatic heterocycles. The van der Waals surface area contributed by atoms with E-state index >= 15 is 0 Å². The summed E-state index contributed by atoms with van der Waals surface area (Å²) in [6.07, 6.45) is 0.490. The largest absolute Gasteiger partial charge is 0.508 e. The van der Waals surface area contributed by atoms with Crippen LogP contribution in [0.15, 0.2) is 18.2 Å². The molecule has 5 N–H and O–H groups in total. The molecule has 1 aliphatic rings. The van der Waals surface area contributed by atoms with Gasteiger partial charge in [-0.15, -0.1) is 0 Å². The molecular formula is C13H15N3O5. The van der Waals surface area contributed by atoms with E-state index < -0.39 is 17.9 Å². The molecule has 1 aromatic carbocycles. The Hall–Kier alpha value is -2.77. The van der Waals surface area contributed by atoms with Crippen molar-refractivity contribution in [1.29, 1.82) is 0 Å². The predicted molar refractivity (Wildman–Crippen MR) is 73.0 cm³/mol. The van der Waals surface area contributed by atoms with Gasteiger partial charge >= 0.3 is 12.0 Å². The van der Waals surface area contributed by atoms with Crippen molar-refractivity contribution < 1.29 is 24.6 Å². The van der Waals surface area contributed by atoms with Crippen molar-refractivity contribution in [2.45, 2.75) is 6.42 Å². The number of phenols is 1. The highest BCUT2D eigenvalue weighted by Gasteiger charge is 2.30. The third kappa shape index (κ3) is 3.22. The van der Waals surface area contributed by atoms with Gasteiger partial charge in [-0.05, 0) is 24.6 Å². The fourth-order valence-corrected chi connectivity index (χ4v) is 2.19. The molecule has 1 aliphatic heterocycles. The molecule has 1 unspecified atom stereocenters. The summed E-state index contributed by atoms with van der Waals surface area (Å²) in [6, 6.07) is 3.12. The summed E-state index contributed by atoms with van der Waals surface area (Å²) in [7, 11) is 0. The smallest absolute Gasteiger partial charge is 0.337 e. The highest BCUT2D eigenvalue weighted by molar-refractivity contribution is 6.00. The molecule has 0 bridgehead atoms. The van der Waals surface area contributed by atoms with Gasteiger partial charge in [0.05, 0.1) is 17.2 Å². The Labute approximate surface area is 120 Å². The zero-order chi connectivity index (χ0) is 15.6. The molecule has 2 rings (SSSR count). The Kier molecular flexibility index (Phi) is 3.97. The lowest BCUT2D eigenvalue weighted by atomic mass is 10.1. The van der Waals surface area contributed by atoms with Crippen LogP contribution in [0.2, 0.25) is 0 Å². The van der Waals surface area contributed by atoms with Gasteiger partial charge in [-0.3, -0.25) is 4.79 Å². The number of nitrogens with one attached hydrogen (secondary N) is 1. The van der Waals surface area contributed by atoms with Crippen molar-refractivity contribution in [2.24, 2.45) is 11.7 Å². The van der Waals surface area contributed by atoms with Gasteiger partial charge in [0.15, 0.2) is 0 Å². The Balaban J connectivity index is 2.10. The number of phenolic OH excluding ortho intramolecular Hbond substituents is 1. The average Bonchev–Trinajstić information content (AvgIpc) is 2.90. The summed E-state index contributed by atoms with van der Waals surface area (Å²) in [5.41, 5.74) is 5.05. The number of benzene rings is 1. The van der Waals surface area contributed by atoms with E-state index in [1.54, 1.807) is 0 Å². The molecule has 21 heavy (non-hydrogen) atoms. The molecule has 1 saturated heterocycles. The third-order valence-corrected chi connectivity index (χ3v) is 3.35. The van der Waals surface area contributed by atoms with E-state index in [-0.39, 0.29) is 29.5 Å². The average molecular weight is 293 g/mol. The van der Waals surface area contributed by atoms with Gasteiger partial charge in [0.2, 0.25) is 5.91 Å². The highest BCUT2D eigenvalue weighted by atomic mass is 16.4. The van der Waals surface area contributed by atoms with E-state index in [9.17, 15) is 19.5 Å². The second-order valence-electron chi connectivity index (χ2n) is 4.80. The van der Waals surface area contributed by atoms with Crippen LogP contribution in [0, 0.1) is 5.92 Å². The Morgan fingerprint density at radius 2 is 2.05 bits per heavy atom. The van der Waals surface area contributed by atoms with Crippen LogP contribution in [0.5, 0.6) is 5.75 Å². The zero-order valence-corrected chi connectivity index (χ0v) is 11.1. The first kappa shape index (κ1) is 14.6. The normalized spacial score (nSPS) is 17.5. The highest BCUT2D eigenvalue weighted by Crippen LogP contribution is 2.23. The van der Waals surface area contributed by atoms with Gasteiger partial charge in [0, 0.05) is 13.1 Å². The molecular weight excluding hydrogens is 278 g/mol. The number of amides is 3. The van der Waals surface area contributed by atoms with Crippen LogP contribution in [0.25, 0.3) is 0 Å². The van der Waals surface area contributed by atoms with Crippen LogP contribution in [0.4, 0.5) is 10.5 Å². The van der Waals surface area contributed by atoms with Crippen LogP contribution in [-0.2, 0) is 4.79 Å². The molecule has 1 fully saturated rings. The maximum absolute atomic E-state index is 12.0. The molecule has 8 nitrogen and oxygen atoms in total. The monoisotopic (exact) mass is 293 g/mol. The van der Waals surface area contributed by atoms with Crippen LogP contribution >= 0.6 is 0 Å². The van der Waals surface area contributed by atoms with Crippen molar-refractivity contribution in [2.75, 3.05) is 18.4 Å². The number of carboxylic acid groups (broad SMARTS) is 1. The van der Waals surface area contributed by atoms with E-state index in [1.807, 2.05) is 0 Å². The number of urea groups is 1. The summed E-state index contributed by atoms with van der Waals surface area (Å²) in [6.45, 7) is 0.585. The van der Waals surface area contributed by atoms with Crippen molar-refractivity contribution in [3.63, 3.8) is 0 Å². The van der Waals surface area contributed by atoms with E-state index in [0.29, 0.717) is 13.0 Å². The third-order valence-electron chi connectivity index (χ3n) is 3.35. The number of nitrogens with two attached hydrogens (primary N) is 1. The second kappa shape index (κ2) is 5.70. The summed E-state index contributed by atoms with van der Waals surface area (Å²) in [5.74, 6) is -2.31. The maximum atomic E-state index is 12.0. The summed E-state index contributed by atoms with van der Waals surface area (Å²) < 4.78 is 0. The Morgan fingerprint density at radius 1 is 1.33 bits per heavy atom. The molecule has 1 atom stereocenters. The van der Waals surface area contributed by atoms with Crippen molar-refractivity contribution >= 4 is 23.6 Å². The van der Waals surface area contributed by atoms with Gasteiger partial charge < -0.3 is 26.2 Å². The quantitative estimate of drug-likeness (QED) is 0.600. The Bertz CT molecular complexity index is 601. The first-order chi connectivity index (χ1) is 9.88. The number of aromatic hydroxyl groups is 1. The minimum absolute atomic E-state index is 0.0767. The van der Waals surface area contributed by atoms with Crippen molar-refractivity contribution in [1.82, 2.24) is 4.90 Å². The number of likely N-dealkylation sites (tertiary alicyclic amines) is 1. The topological polar surface area (TPSA) is 133 Å². The number of rotatable bonds is 3. The Morgan fingerprint density at radius 3 is 2.62 bits per heavy atom. The van der Waals surface area contributed by atoms with Crippen LogP contribution < -0.4 is 11.1 Å². The van der Waals surface area contributed by atoms with Gasteiger partial charge in [0.1, 0.15) is 5.75 Å². The van der Waals surface area contributed by atoms with Gasteiger partial charge in [-0.25, -0.2) is 9.59 Å². The lowest BCUT2D eigenvalue weighted by molar-refractivity contribution is -0.121. The zero-order valence-electron chi connectivity index (χ0n) is 11.1. The predicted octanol–water partition coefficient (Wildman–Crippen LogP) is 0.429. The number of carbonyl (C=O) groups is 3. The number of nitrogens with zero attached hydrogens (tertiary/aromatic N) is 1. The molecule has 8 heteroatoms. The molecule has 0 aliphatic carbocycles. The van der Waals surface area contributed by atoms with Crippen LogP contribution in [0.1, 0.15) is 16.8 Å². The van der Waals surface area contributed by atoms with E-state index in [1.165, 1.54) is 17.0 Å². The number of anilines is 1. The molecule has 0 spiro atoms. The van der Waals surface area contributed by atoms with Crippen LogP contribution in [-0.4, -0.2) is 46.1 Å². The minimum atomic E-state index is -1.27. The fraction of sp³-hybridized carbons (Fsp3) is 0.308. The second-order valence-corrected chi connectivity index (χ2v) is 4.80. The molecule has 1 heterocycles. The van der Waals surface area contributed by atoms with Gasteiger partial charge in [-0.2, -0.15) is 0 Å². The molecule has 112 valence electrons. The minimum Gasteiger partial charge on any atom is -0.508 e. The molecule has 1 aromatic rings.